The molecule has 3 heteroatoms. The van der Waals surface area contributed by atoms with E-state index in [2.05, 4.69) is 24.2 Å². The molecule has 0 aliphatic carbocycles. The van der Waals surface area contributed by atoms with Gasteiger partial charge in [-0.05, 0) is 6.42 Å². The molecule has 0 unspecified atom stereocenters. The van der Waals surface area contributed by atoms with Crippen molar-refractivity contribution in [2.75, 3.05) is 0 Å². The van der Waals surface area contributed by atoms with Gasteiger partial charge in [0.25, 0.3) is 0 Å². The SMILES string of the molecule is CCCn1nc(-c2ccccc2)nc1-c1ccccc1. The summed E-state index contributed by atoms with van der Waals surface area (Å²) in [5.74, 6) is 1.73. The zero-order chi connectivity index (χ0) is 13.8. The fourth-order valence-corrected chi connectivity index (χ4v) is 2.22. The lowest BCUT2D eigenvalue weighted by molar-refractivity contribution is 0.609. The van der Waals surface area contributed by atoms with Crippen molar-refractivity contribution in [3.63, 3.8) is 0 Å². The van der Waals surface area contributed by atoms with Crippen molar-refractivity contribution in [2.24, 2.45) is 0 Å². The van der Waals surface area contributed by atoms with Gasteiger partial charge in [-0.25, -0.2) is 9.67 Å². The second-order valence-corrected chi connectivity index (χ2v) is 4.71. The molecule has 3 rings (SSSR count). The highest BCUT2D eigenvalue weighted by Gasteiger charge is 2.12. The van der Waals surface area contributed by atoms with E-state index in [-0.39, 0.29) is 0 Å². The second kappa shape index (κ2) is 5.70. The second-order valence-electron chi connectivity index (χ2n) is 4.71. The van der Waals surface area contributed by atoms with Crippen molar-refractivity contribution < 1.29 is 0 Å². The van der Waals surface area contributed by atoms with E-state index in [1.165, 1.54) is 0 Å². The standard InChI is InChI=1S/C17H17N3/c1-2-13-20-17(15-11-7-4-8-12-15)18-16(19-20)14-9-5-3-6-10-14/h3-12H,2,13H2,1H3. The normalized spacial score (nSPS) is 10.7. The average molecular weight is 263 g/mol. The average Bonchev–Trinajstić information content (AvgIpc) is 2.94. The molecule has 2 aromatic carbocycles. The summed E-state index contributed by atoms with van der Waals surface area (Å²) >= 11 is 0. The van der Waals surface area contributed by atoms with Crippen LogP contribution in [0.4, 0.5) is 0 Å². The summed E-state index contributed by atoms with van der Waals surface area (Å²) in [6, 6.07) is 20.3. The molecule has 0 fully saturated rings. The largest absolute Gasteiger partial charge is 0.245 e. The number of rotatable bonds is 4. The van der Waals surface area contributed by atoms with Crippen LogP contribution in [0.5, 0.6) is 0 Å². The van der Waals surface area contributed by atoms with Gasteiger partial charge in [0.1, 0.15) is 0 Å². The molecule has 0 radical (unpaired) electrons. The Morgan fingerprint density at radius 1 is 0.850 bits per heavy atom. The Morgan fingerprint density at radius 2 is 1.45 bits per heavy atom. The van der Waals surface area contributed by atoms with Crippen molar-refractivity contribution in [1.29, 1.82) is 0 Å². The third kappa shape index (κ3) is 2.48. The molecule has 1 aromatic heterocycles. The monoisotopic (exact) mass is 263 g/mol. The van der Waals surface area contributed by atoms with E-state index in [9.17, 15) is 0 Å². The highest BCUT2D eigenvalue weighted by molar-refractivity contribution is 5.61. The molecule has 20 heavy (non-hydrogen) atoms. The van der Waals surface area contributed by atoms with Gasteiger partial charge >= 0.3 is 0 Å². The third-order valence-corrected chi connectivity index (χ3v) is 3.17. The first-order valence-corrected chi connectivity index (χ1v) is 6.94. The number of aromatic nitrogens is 3. The summed E-state index contributed by atoms with van der Waals surface area (Å²) in [6.07, 6.45) is 1.04. The lowest BCUT2D eigenvalue weighted by Crippen LogP contribution is -2.01. The topological polar surface area (TPSA) is 30.7 Å². The van der Waals surface area contributed by atoms with Gasteiger partial charge in [0.05, 0.1) is 0 Å². The van der Waals surface area contributed by atoms with Crippen LogP contribution in [0.1, 0.15) is 13.3 Å². The van der Waals surface area contributed by atoms with Crippen LogP contribution in [-0.2, 0) is 6.54 Å². The molecule has 1 heterocycles. The van der Waals surface area contributed by atoms with Gasteiger partial charge in [-0.3, -0.25) is 0 Å². The van der Waals surface area contributed by atoms with E-state index in [0.29, 0.717) is 0 Å². The van der Waals surface area contributed by atoms with Crippen molar-refractivity contribution in [1.82, 2.24) is 14.8 Å². The Morgan fingerprint density at radius 3 is 2.05 bits per heavy atom. The van der Waals surface area contributed by atoms with E-state index in [1.54, 1.807) is 0 Å². The van der Waals surface area contributed by atoms with Gasteiger partial charge < -0.3 is 0 Å². The van der Waals surface area contributed by atoms with Crippen LogP contribution in [0.25, 0.3) is 22.8 Å². The van der Waals surface area contributed by atoms with E-state index in [1.807, 2.05) is 53.2 Å². The fourth-order valence-electron chi connectivity index (χ4n) is 2.22. The molecule has 0 atom stereocenters. The van der Waals surface area contributed by atoms with Gasteiger partial charge in [-0.1, -0.05) is 67.6 Å². The molecular weight excluding hydrogens is 246 g/mol. The van der Waals surface area contributed by atoms with Crippen LogP contribution in [0, 0.1) is 0 Å². The molecule has 100 valence electrons. The molecule has 0 saturated carbocycles. The number of benzene rings is 2. The maximum atomic E-state index is 4.72. The Balaban J connectivity index is 2.08. The molecule has 0 aliphatic heterocycles. The molecule has 3 aromatic rings. The first kappa shape index (κ1) is 12.6. The molecular formula is C17H17N3. The summed E-state index contributed by atoms with van der Waals surface area (Å²) in [5, 5.41) is 4.65. The predicted molar refractivity (Wildman–Crippen MR) is 81.2 cm³/mol. The predicted octanol–water partition coefficient (Wildman–Crippen LogP) is 4.02. The van der Waals surface area contributed by atoms with Crippen LogP contribution < -0.4 is 0 Å². The molecule has 0 bridgehead atoms. The lowest BCUT2D eigenvalue weighted by Gasteiger charge is -2.03. The third-order valence-electron chi connectivity index (χ3n) is 3.17. The quantitative estimate of drug-likeness (QED) is 0.711. The minimum Gasteiger partial charge on any atom is -0.245 e. The molecule has 0 N–H and O–H groups in total. The maximum Gasteiger partial charge on any atom is 0.181 e. The molecule has 3 nitrogen and oxygen atoms in total. The minimum absolute atomic E-state index is 0.790. The molecule has 0 saturated heterocycles. The maximum absolute atomic E-state index is 4.72. The van der Waals surface area contributed by atoms with Gasteiger partial charge in [0.2, 0.25) is 0 Å². The van der Waals surface area contributed by atoms with E-state index < -0.39 is 0 Å². The van der Waals surface area contributed by atoms with Gasteiger partial charge in [-0.15, -0.1) is 0 Å². The smallest absolute Gasteiger partial charge is 0.181 e. The van der Waals surface area contributed by atoms with E-state index in [0.717, 1.165) is 35.7 Å². The van der Waals surface area contributed by atoms with Crippen molar-refractivity contribution in [3.8, 4) is 22.8 Å². The van der Waals surface area contributed by atoms with Crippen LogP contribution in [0.15, 0.2) is 60.7 Å². The van der Waals surface area contributed by atoms with Crippen LogP contribution >= 0.6 is 0 Å². The summed E-state index contributed by atoms with van der Waals surface area (Å²) in [6.45, 7) is 3.03. The van der Waals surface area contributed by atoms with Crippen molar-refractivity contribution in [3.05, 3.63) is 60.7 Å². The summed E-state index contributed by atoms with van der Waals surface area (Å²) in [7, 11) is 0. The summed E-state index contributed by atoms with van der Waals surface area (Å²) in [5.41, 5.74) is 2.16. The van der Waals surface area contributed by atoms with Gasteiger partial charge in [0, 0.05) is 17.7 Å². The Hall–Kier alpha value is -2.42. The van der Waals surface area contributed by atoms with E-state index in [4.69, 9.17) is 4.98 Å². The highest BCUT2D eigenvalue weighted by Crippen LogP contribution is 2.22. The fraction of sp³-hybridized carbons (Fsp3) is 0.176. The number of hydrogen-bond donors (Lipinski definition) is 0. The van der Waals surface area contributed by atoms with Gasteiger partial charge in [-0.2, -0.15) is 5.10 Å². The number of nitrogens with zero attached hydrogens (tertiary/aromatic N) is 3. The van der Waals surface area contributed by atoms with Crippen molar-refractivity contribution >= 4 is 0 Å². The summed E-state index contributed by atoms with van der Waals surface area (Å²) < 4.78 is 2.00. The summed E-state index contributed by atoms with van der Waals surface area (Å²) in [4.78, 5) is 4.72. The first-order chi connectivity index (χ1) is 9.88. The van der Waals surface area contributed by atoms with Crippen LogP contribution in [0.2, 0.25) is 0 Å². The highest BCUT2D eigenvalue weighted by atomic mass is 15.3. The number of hydrogen-bond acceptors (Lipinski definition) is 2. The van der Waals surface area contributed by atoms with Crippen LogP contribution in [0.3, 0.4) is 0 Å². The Bertz CT molecular complexity index is 672. The first-order valence-electron chi connectivity index (χ1n) is 6.94. The minimum atomic E-state index is 0.790. The Labute approximate surface area is 118 Å². The van der Waals surface area contributed by atoms with E-state index >= 15 is 0 Å². The van der Waals surface area contributed by atoms with Gasteiger partial charge in [0.15, 0.2) is 11.6 Å². The van der Waals surface area contributed by atoms with Crippen molar-refractivity contribution in [2.45, 2.75) is 19.9 Å². The zero-order valence-electron chi connectivity index (χ0n) is 11.5. The molecule has 0 spiro atoms. The van der Waals surface area contributed by atoms with Crippen LogP contribution in [-0.4, -0.2) is 14.8 Å². The number of aryl methyl sites for hydroxylation is 1. The molecule has 0 aliphatic rings. The Kier molecular flexibility index (Phi) is 3.59. The molecule has 0 amide bonds. The lowest BCUT2D eigenvalue weighted by atomic mass is 10.2. The zero-order valence-corrected chi connectivity index (χ0v) is 11.5.